The van der Waals surface area contributed by atoms with Crippen LogP contribution in [-0.4, -0.2) is 20.5 Å². The van der Waals surface area contributed by atoms with E-state index in [1.807, 2.05) is 4.72 Å². The highest BCUT2D eigenvalue weighted by Gasteiger charge is 2.15. The number of rotatable bonds is 4. The normalized spacial score (nSPS) is 11.1. The summed E-state index contributed by atoms with van der Waals surface area (Å²) in [5, 5.41) is 0. The monoisotopic (exact) mass is 263 g/mol. The Hall–Kier alpha value is -1.25. The van der Waals surface area contributed by atoms with Gasteiger partial charge in [0.2, 0.25) is 0 Å². The van der Waals surface area contributed by atoms with Crippen molar-refractivity contribution in [3.63, 3.8) is 0 Å². The summed E-state index contributed by atoms with van der Waals surface area (Å²) in [5.41, 5.74) is 5.19. The molecule has 0 atom stereocenters. The highest BCUT2D eigenvalue weighted by Crippen LogP contribution is 2.19. The van der Waals surface area contributed by atoms with Crippen molar-refractivity contribution in [3.8, 4) is 0 Å². The zero-order valence-corrected chi connectivity index (χ0v) is 9.95. The average molecular weight is 263 g/mol. The highest BCUT2D eigenvalue weighted by atomic mass is 32.2. The van der Waals surface area contributed by atoms with E-state index in [9.17, 15) is 12.8 Å². The van der Waals surface area contributed by atoms with Gasteiger partial charge in [0.1, 0.15) is 10.8 Å². The summed E-state index contributed by atoms with van der Waals surface area (Å²) in [5.74, 6) is -0.677. The first kappa shape index (κ1) is 12.8. The van der Waals surface area contributed by atoms with Crippen molar-refractivity contribution in [2.45, 2.75) is 0 Å². The maximum atomic E-state index is 13.4. The lowest BCUT2D eigenvalue weighted by atomic mass is 10.2. The number of halogens is 1. The molecule has 0 saturated carbocycles. The third-order valence-electron chi connectivity index (χ3n) is 1.77. The van der Waals surface area contributed by atoms with Gasteiger partial charge in [-0.1, -0.05) is 18.3 Å². The zero-order valence-electron chi connectivity index (χ0n) is 8.32. The van der Waals surface area contributed by atoms with Crippen molar-refractivity contribution in [1.29, 1.82) is 0 Å². The molecule has 16 heavy (non-hydrogen) atoms. The van der Waals surface area contributed by atoms with E-state index >= 15 is 0 Å². The van der Waals surface area contributed by atoms with Crippen LogP contribution < -0.4 is 15.2 Å². The van der Waals surface area contributed by atoms with E-state index in [-0.39, 0.29) is 16.2 Å². The summed E-state index contributed by atoms with van der Waals surface area (Å²) in [7, 11) is -2.50. The second-order valence-electron chi connectivity index (χ2n) is 2.84. The van der Waals surface area contributed by atoms with Gasteiger partial charge in [-0.2, -0.15) is 8.42 Å². The summed E-state index contributed by atoms with van der Waals surface area (Å²) >= 11 is 4.65. The van der Waals surface area contributed by atoms with Gasteiger partial charge in [-0.15, -0.1) is 0 Å². The summed E-state index contributed by atoms with van der Waals surface area (Å²) in [4.78, 5) is -0.216. The number of anilines is 1. The van der Waals surface area contributed by atoms with Crippen LogP contribution in [0.15, 0.2) is 18.2 Å². The predicted molar refractivity (Wildman–Crippen MR) is 63.9 cm³/mol. The third-order valence-corrected chi connectivity index (χ3v) is 3.00. The van der Waals surface area contributed by atoms with Crippen LogP contribution in [0.1, 0.15) is 5.56 Å². The van der Waals surface area contributed by atoms with Gasteiger partial charge in [0, 0.05) is 7.05 Å². The zero-order chi connectivity index (χ0) is 12.3. The van der Waals surface area contributed by atoms with E-state index in [4.69, 9.17) is 5.73 Å². The predicted octanol–water partition coefficient (Wildman–Crippen LogP) is 0.336. The molecule has 0 radical (unpaired) electrons. The van der Waals surface area contributed by atoms with Gasteiger partial charge in [-0.3, -0.25) is 4.72 Å². The maximum absolute atomic E-state index is 13.4. The molecule has 1 aromatic carbocycles. The van der Waals surface area contributed by atoms with Crippen LogP contribution in [0.3, 0.4) is 0 Å². The lowest BCUT2D eigenvalue weighted by Gasteiger charge is -2.11. The van der Waals surface area contributed by atoms with Gasteiger partial charge in [0.05, 0.1) is 11.3 Å². The second kappa shape index (κ2) is 4.73. The topological polar surface area (TPSA) is 84.2 Å². The molecular formula is C8H10FN3O2S2. The van der Waals surface area contributed by atoms with Crippen molar-refractivity contribution in [1.82, 2.24) is 4.72 Å². The number of nitrogens with two attached hydrogens (primary N) is 1. The first-order chi connectivity index (χ1) is 7.37. The molecule has 4 N–H and O–H groups in total. The molecule has 0 spiro atoms. The van der Waals surface area contributed by atoms with Crippen molar-refractivity contribution in [3.05, 3.63) is 29.6 Å². The summed E-state index contributed by atoms with van der Waals surface area (Å²) in [6, 6.07) is 3.86. The van der Waals surface area contributed by atoms with Crippen molar-refractivity contribution in [2.75, 3.05) is 11.8 Å². The van der Waals surface area contributed by atoms with Gasteiger partial charge < -0.3 is 5.73 Å². The van der Waals surface area contributed by atoms with Gasteiger partial charge in [-0.05, 0) is 12.1 Å². The molecule has 88 valence electrons. The first-order valence-corrected chi connectivity index (χ1v) is 6.06. The SMILES string of the molecule is CNS(=O)(=O)Nc1cccc(F)c1C(N)=S. The molecule has 1 rings (SSSR count). The minimum absolute atomic E-state index is 0.00171. The Morgan fingerprint density at radius 1 is 1.50 bits per heavy atom. The third kappa shape index (κ3) is 2.87. The molecule has 0 heterocycles. The van der Waals surface area contributed by atoms with E-state index in [1.54, 1.807) is 0 Å². The lowest BCUT2D eigenvalue weighted by molar-refractivity contribution is 0.593. The Morgan fingerprint density at radius 2 is 2.12 bits per heavy atom. The quantitative estimate of drug-likeness (QED) is 0.684. The van der Waals surface area contributed by atoms with Gasteiger partial charge in [0.25, 0.3) is 10.2 Å². The molecule has 0 aliphatic carbocycles. The minimum Gasteiger partial charge on any atom is -0.389 e. The van der Waals surface area contributed by atoms with E-state index in [2.05, 4.69) is 16.9 Å². The van der Waals surface area contributed by atoms with E-state index in [0.717, 1.165) is 6.07 Å². The molecule has 0 amide bonds. The summed E-state index contributed by atoms with van der Waals surface area (Å²) in [6.45, 7) is 0. The molecule has 0 bridgehead atoms. The first-order valence-electron chi connectivity index (χ1n) is 4.17. The van der Waals surface area contributed by atoms with Crippen LogP contribution in [0.25, 0.3) is 0 Å². The number of thiocarbonyl (C=S) groups is 1. The fraction of sp³-hybridized carbons (Fsp3) is 0.125. The van der Waals surface area contributed by atoms with E-state index in [0.29, 0.717) is 0 Å². The highest BCUT2D eigenvalue weighted by molar-refractivity contribution is 7.90. The van der Waals surface area contributed by atoms with Gasteiger partial charge in [0.15, 0.2) is 0 Å². The Morgan fingerprint density at radius 3 is 2.62 bits per heavy atom. The molecule has 8 heteroatoms. The molecule has 5 nitrogen and oxygen atoms in total. The van der Waals surface area contributed by atoms with Gasteiger partial charge in [-0.25, -0.2) is 9.11 Å². The summed E-state index contributed by atoms with van der Waals surface area (Å²) < 4.78 is 40.0. The smallest absolute Gasteiger partial charge is 0.298 e. The van der Waals surface area contributed by atoms with Crippen molar-refractivity contribution >= 4 is 33.1 Å². The maximum Gasteiger partial charge on any atom is 0.298 e. The molecule has 0 aliphatic heterocycles. The van der Waals surface area contributed by atoms with Crippen LogP contribution in [0.5, 0.6) is 0 Å². The Bertz CT molecular complexity index is 516. The molecule has 1 aromatic rings. The molecular weight excluding hydrogens is 253 g/mol. The average Bonchev–Trinajstić information content (AvgIpc) is 2.16. The minimum atomic E-state index is -3.73. The Kier molecular flexibility index (Phi) is 3.79. The standard InChI is InChI=1S/C8H10FN3O2S2/c1-11-16(13,14)12-6-4-2-3-5(9)7(6)8(10)15/h2-4,11-12H,1H3,(H2,10,15). The Labute approximate surface area is 98.0 Å². The molecule has 0 aromatic heterocycles. The second-order valence-corrected chi connectivity index (χ2v) is 4.90. The fourth-order valence-corrected chi connectivity index (χ4v) is 1.82. The van der Waals surface area contributed by atoms with Gasteiger partial charge >= 0.3 is 0 Å². The van der Waals surface area contributed by atoms with E-state index in [1.165, 1.54) is 19.2 Å². The molecule has 0 fully saturated rings. The van der Waals surface area contributed by atoms with Crippen molar-refractivity contribution in [2.24, 2.45) is 5.73 Å². The van der Waals surface area contributed by atoms with Crippen LogP contribution in [0.2, 0.25) is 0 Å². The van der Waals surface area contributed by atoms with Crippen LogP contribution in [0, 0.1) is 5.82 Å². The lowest BCUT2D eigenvalue weighted by Crippen LogP contribution is -2.28. The van der Waals surface area contributed by atoms with E-state index < -0.39 is 16.0 Å². The summed E-state index contributed by atoms with van der Waals surface area (Å²) in [6.07, 6.45) is 0. The molecule has 0 saturated heterocycles. The van der Waals surface area contributed by atoms with Crippen LogP contribution in [-0.2, 0) is 10.2 Å². The van der Waals surface area contributed by atoms with Crippen LogP contribution >= 0.6 is 12.2 Å². The van der Waals surface area contributed by atoms with Crippen molar-refractivity contribution < 1.29 is 12.8 Å². The molecule has 0 aliphatic rings. The molecule has 0 unspecified atom stereocenters. The Balaban J connectivity index is 3.25. The number of benzene rings is 1. The fourth-order valence-electron chi connectivity index (χ4n) is 1.06. The largest absolute Gasteiger partial charge is 0.389 e. The number of nitrogens with one attached hydrogen (secondary N) is 2. The van der Waals surface area contributed by atoms with Crippen LogP contribution in [0.4, 0.5) is 10.1 Å². The number of hydrogen-bond acceptors (Lipinski definition) is 3. The number of hydrogen-bond donors (Lipinski definition) is 3.